The van der Waals surface area contributed by atoms with E-state index >= 15 is 0 Å². The summed E-state index contributed by atoms with van der Waals surface area (Å²) in [4.78, 5) is 2.42. The first-order chi connectivity index (χ1) is 7.25. The van der Waals surface area contributed by atoms with Gasteiger partial charge in [0.2, 0.25) is 0 Å². The van der Waals surface area contributed by atoms with Crippen molar-refractivity contribution in [3.05, 3.63) is 0 Å². The molecule has 0 heterocycles. The molecule has 0 atom stereocenters. The van der Waals surface area contributed by atoms with Gasteiger partial charge < -0.3 is 4.90 Å². The summed E-state index contributed by atoms with van der Waals surface area (Å²) in [5, 5.41) is 8.91. The van der Waals surface area contributed by atoms with Crippen LogP contribution in [0.2, 0.25) is 0 Å². The molecule has 0 aliphatic rings. The van der Waals surface area contributed by atoms with Crippen LogP contribution in [-0.2, 0) is 0 Å². The molecule has 2 heteroatoms. The quantitative estimate of drug-likeness (QED) is 0.615. The lowest BCUT2D eigenvalue weighted by molar-refractivity contribution is 0.147. The summed E-state index contributed by atoms with van der Waals surface area (Å²) in [5.41, 5.74) is 0.142. The Morgan fingerprint density at radius 1 is 1.12 bits per heavy atom. The van der Waals surface area contributed by atoms with Crippen LogP contribution in [-0.4, -0.2) is 24.0 Å². The number of nitrogens with zero attached hydrogens (tertiary/aromatic N) is 2. The second-order valence-electron chi connectivity index (χ2n) is 6.04. The van der Waals surface area contributed by atoms with E-state index in [1.54, 1.807) is 0 Å². The molecular formula is C14H28N2. The number of rotatable bonds is 7. The van der Waals surface area contributed by atoms with Crippen LogP contribution in [0, 0.1) is 16.7 Å². The van der Waals surface area contributed by atoms with Gasteiger partial charge in [-0.25, -0.2) is 0 Å². The van der Waals surface area contributed by atoms with Gasteiger partial charge in [-0.3, -0.25) is 0 Å². The van der Waals surface area contributed by atoms with Crippen molar-refractivity contribution in [1.29, 1.82) is 5.26 Å². The van der Waals surface area contributed by atoms with Gasteiger partial charge in [-0.15, -0.1) is 0 Å². The van der Waals surface area contributed by atoms with Crippen LogP contribution < -0.4 is 0 Å². The number of hydrogen-bond acceptors (Lipinski definition) is 2. The average Bonchev–Trinajstić information content (AvgIpc) is 2.24. The third-order valence-corrected chi connectivity index (χ3v) is 3.75. The normalized spacial score (nSPS) is 12.9. The smallest absolute Gasteiger partial charge is 0.0683 e. The minimum Gasteiger partial charge on any atom is -0.301 e. The molecule has 0 unspecified atom stereocenters. The molecule has 16 heavy (non-hydrogen) atoms. The molecule has 0 radical (unpaired) electrons. The number of unbranched alkanes of at least 4 members (excludes halogenated alkanes) is 1. The van der Waals surface area contributed by atoms with Crippen LogP contribution in [0.3, 0.4) is 0 Å². The maximum atomic E-state index is 8.91. The van der Waals surface area contributed by atoms with Crippen LogP contribution in [0.25, 0.3) is 0 Å². The Hall–Kier alpha value is -0.550. The minimum absolute atomic E-state index is 0.154. The van der Waals surface area contributed by atoms with Crippen LogP contribution in [0.15, 0.2) is 0 Å². The maximum Gasteiger partial charge on any atom is 0.0683 e. The van der Waals surface area contributed by atoms with Crippen molar-refractivity contribution in [3.63, 3.8) is 0 Å². The largest absolute Gasteiger partial charge is 0.301 e. The van der Waals surface area contributed by atoms with E-state index in [4.69, 9.17) is 5.26 Å². The van der Waals surface area contributed by atoms with Crippen molar-refractivity contribution < 1.29 is 0 Å². The van der Waals surface area contributed by atoms with Crippen molar-refractivity contribution >= 4 is 0 Å². The van der Waals surface area contributed by atoms with E-state index in [0.717, 1.165) is 19.4 Å². The summed E-state index contributed by atoms with van der Waals surface area (Å²) in [5.74, 6) is 0. The number of hydrogen-bond donors (Lipinski definition) is 0. The van der Waals surface area contributed by atoms with Gasteiger partial charge in [-0.1, -0.05) is 13.3 Å². The van der Waals surface area contributed by atoms with E-state index in [1.165, 1.54) is 12.8 Å². The third kappa shape index (κ3) is 5.51. The Balaban J connectivity index is 3.81. The maximum absolute atomic E-state index is 8.91. The molecule has 0 saturated heterocycles. The standard InChI is InChI=1S/C14H28N2/c1-7-14(4,5)16(6)11-9-8-10-13(2,3)12-15/h7-11H2,1-6H3. The Morgan fingerprint density at radius 2 is 1.69 bits per heavy atom. The fourth-order valence-corrected chi connectivity index (χ4v) is 1.54. The van der Waals surface area contributed by atoms with Crippen molar-refractivity contribution in [2.75, 3.05) is 13.6 Å². The molecular weight excluding hydrogens is 196 g/mol. The molecule has 0 saturated carbocycles. The highest BCUT2D eigenvalue weighted by molar-refractivity contribution is 4.91. The molecule has 0 fully saturated rings. The van der Waals surface area contributed by atoms with Gasteiger partial charge >= 0.3 is 0 Å². The van der Waals surface area contributed by atoms with Gasteiger partial charge in [0, 0.05) is 5.54 Å². The predicted octanol–water partition coefficient (Wildman–Crippen LogP) is 3.83. The Kier molecular flexibility index (Phi) is 6.04. The van der Waals surface area contributed by atoms with Crippen LogP contribution in [0.4, 0.5) is 0 Å². The molecule has 0 rings (SSSR count). The highest BCUT2D eigenvalue weighted by atomic mass is 15.2. The van der Waals surface area contributed by atoms with Gasteiger partial charge in [0.15, 0.2) is 0 Å². The molecule has 0 aromatic rings. The lowest BCUT2D eigenvalue weighted by Gasteiger charge is -2.35. The molecule has 2 nitrogen and oxygen atoms in total. The molecule has 0 aliphatic carbocycles. The lowest BCUT2D eigenvalue weighted by atomic mass is 9.89. The zero-order valence-electron chi connectivity index (χ0n) is 11.9. The van der Waals surface area contributed by atoms with E-state index < -0.39 is 0 Å². The second-order valence-corrected chi connectivity index (χ2v) is 6.04. The first-order valence-electron chi connectivity index (χ1n) is 6.37. The molecule has 0 aromatic carbocycles. The summed E-state index contributed by atoms with van der Waals surface area (Å²) in [6, 6.07) is 2.36. The molecule has 0 amide bonds. The Bertz CT molecular complexity index is 236. The van der Waals surface area contributed by atoms with Gasteiger partial charge in [-0.2, -0.15) is 5.26 Å². The molecule has 0 aromatic heterocycles. The second kappa shape index (κ2) is 6.25. The van der Waals surface area contributed by atoms with Gasteiger partial charge in [0.25, 0.3) is 0 Å². The SMILES string of the molecule is CCC(C)(C)N(C)CCCCC(C)(C)C#N. The number of nitriles is 1. The topological polar surface area (TPSA) is 27.0 Å². The summed E-state index contributed by atoms with van der Waals surface area (Å²) in [7, 11) is 2.19. The molecule has 0 N–H and O–H groups in total. The molecule has 0 aliphatic heterocycles. The van der Waals surface area contributed by atoms with Crippen LogP contribution in [0.1, 0.15) is 60.3 Å². The van der Waals surface area contributed by atoms with Gasteiger partial charge in [-0.05, 0) is 60.5 Å². The highest BCUT2D eigenvalue weighted by Gasteiger charge is 2.21. The summed E-state index contributed by atoms with van der Waals surface area (Å²) in [6.07, 6.45) is 4.51. The first-order valence-corrected chi connectivity index (χ1v) is 6.37. The molecule has 0 bridgehead atoms. The summed E-state index contributed by atoms with van der Waals surface area (Å²) in [6.45, 7) is 12.0. The Labute approximate surface area is 102 Å². The predicted molar refractivity (Wildman–Crippen MR) is 70.2 cm³/mol. The third-order valence-electron chi connectivity index (χ3n) is 3.75. The zero-order chi connectivity index (χ0) is 12.8. The van der Waals surface area contributed by atoms with E-state index in [9.17, 15) is 0 Å². The molecule has 0 spiro atoms. The highest BCUT2D eigenvalue weighted by Crippen LogP contribution is 2.22. The van der Waals surface area contributed by atoms with Gasteiger partial charge in [0.05, 0.1) is 11.5 Å². The Morgan fingerprint density at radius 3 is 2.12 bits per heavy atom. The van der Waals surface area contributed by atoms with Crippen LogP contribution in [0.5, 0.6) is 0 Å². The van der Waals surface area contributed by atoms with Crippen molar-refractivity contribution in [2.45, 2.75) is 65.8 Å². The van der Waals surface area contributed by atoms with E-state index in [2.05, 4.69) is 38.8 Å². The van der Waals surface area contributed by atoms with Gasteiger partial charge in [0.1, 0.15) is 0 Å². The fourth-order valence-electron chi connectivity index (χ4n) is 1.54. The van der Waals surface area contributed by atoms with E-state index in [1.807, 2.05) is 13.8 Å². The van der Waals surface area contributed by atoms with Crippen LogP contribution >= 0.6 is 0 Å². The monoisotopic (exact) mass is 224 g/mol. The average molecular weight is 224 g/mol. The van der Waals surface area contributed by atoms with Crippen molar-refractivity contribution in [3.8, 4) is 6.07 Å². The summed E-state index contributed by atoms with van der Waals surface area (Å²) >= 11 is 0. The lowest BCUT2D eigenvalue weighted by Crippen LogP contribution is -2.40. The summed E-state index contributed by atoms with van der Waals surface area (Å²) < 4.78 is 0. The molecule has 94 valence electrons. The first kappa shape index (κ1) is 15.4. The van der Waals surface area contributed by atoms with Crippen molar-refractivity contribution in [1.82, 2.24) is 4.90 Å². The van der Waals surface area contributed by atoms with Crippen molar-refractivity contribution in [2.24, 2.45) is 5.41 Å². The fraction of sp³-hybridized carbons (Fsp3) is 0.929. The van der Waals surface area contributed by atoms with E-state index in [0.29, 0.717) is 5.54 Å². The zero-order valence-corrected chi connectivity index (χ0v) is 11.9. The minimum atomic E-state index is -0.154. The van der Waals surface area contributed by atoms with E-state index in [-0.39, 0.29) is 5.41 Å².